The van der Waals surface area contributed by atoms with Gasteiger partial charge in [0.1, 0.15) is 0 Å². The SMILES string of the molecule is O=C1c2ccc(Br)cc2-c2cc(Br)c([N+](=O)[O-])cc21. The fraction of sp³-hybridized carbons (Fsp3) is 0. The molecule has 94 valence electrons. The highest BCUT2D eigenvalue weighted by Crippen LogP contribution is 2.42. The molecule has 0 fully saturated rings. The van der Waals surface area contributed by atoms with E-state index in [0.717, 1.165) is 15.6 Å². The number of nitro benzene ring substituents is 1. The molecule has 0 saturated carbocycles. The fourth-order valence-corrected chi connectivity index (χ4v) is 3.04. The van der Waals surface area contributed by atoms with Crippen molar-refractivity contribution in [2.75, 3.05) is 0 Å². The first-order valence-electron chi connectivity index (χ1n) is 5.31. The van der Waals surface area contributed by atoms with Crippen LogP contribution < -0.4 is 0 Å². The largest absolute Gasteiger partial charge is 0.289 e. The number of carbonyl (C=O) groups is 1. The molecule has 0 aliphatic heterocycles. The molecule has 0 radical (unpaired) electrons. The minimum atomic E-state index is -0.503. The van der Waals surface area contributed by atoms with E-state index in [2.05, 4.69) is 31.9 Å². The zero-order valence-corrected chi connectivity index (χ0v) is 12.5. The van der Waals surface area contributed by atoms with Crippen molar-refractivity contribution in [2.45, 2.75) is 0 Å². The third kappa shape index (κ3) is 1.82. The monoisotopic (exact) mass is 381 g/mol. The summed E-state index contributed by atoms with van der Waals surface area (Å²) in [7, 11) is 0. The first-order valence-corrected chi connectivity index (χ1v) is 6.90. The minimum Gasteiger partial charge on any atom is -0.289 e. The Balaban J connectivity index is 2.32. The van der Waals surface area contributed by atoms with Crippen LogP contribution in [-0.4, -0.2) is 10.7 Å². The molecule has 2 aromatic rings. The quantitative estimate of drug-likeness (QED) is 0.464. The zero-order chi connectivity index (χ0) is 13.7. The van der Waals surface area contributed by atoms with Crippen LogP contribution in [0.25, 0.3) is 11.1 Å². The van der Waals surface area contributed by atoms with Gasteiger partial charge in [0.05, 0.1) is 9.40 Å². The molecule has 0 aromatic heterocycles. The van der Waals surface area contributed by atoms with Crippen LogP contribution in [0.2, 0.25) is 0 Å². The van der Waals surface area contributed by atoms with Gasteiger partial charge in [0, 0.05) is 21.7 Å². The van der Waals surface area contributed by atoms with Crippen molar-refractivity contribution in [3.8, 4) is 11.1 Å². The second-order valence-electron chi connectivity index (χ2n) is 4.13. The lowest BCUT2D eigenvalue weighted by atomic mass is 10.1. The number of halogens is 2. The van der Waals surface area contributed by atoms with Crippen molar-refractivity contribution < 1.29 is 9.72 Å². The highest BCUT2D eigenvalue weighted by molar-refractivity contribution is 9.10. The van der Waals surface area contributed by atoms with Crippen molar-refractivity contribution >= 4 is 43.3 Å². The molecule has 6 heteroatoms. The lowest BCUT2D eigenvalue weighted by Crippen LogP contribution is -1.97. The maximum atomic E-state index is 12.2. The summed E-state index contributed by atoms with van der Waals surface area (Å²) in [6.45, 7) is 0. The van der Waals surface area contributed by atoms with Crippen molar-refractivity contribution in [2.24, 2.45) is 0 Å². The van der Waals surface area contributed by atoms with Gasteiger partial charge in [0.15, 0.2) is 5.78 Å². The Morgan fingerprint density at radius 2 is 1.63 bits per heavy atom. The molecule has 1 aliphatic carbocycles. The molecule has 0 unspecified atom stereocenters. The van der Waals surface area contributed by atoms with Crippen molar-refractivity contribution in [3.63, 3.8) is 0 Å². The van der Waals surface area contributed by atoms with E-state index in [1.165, 1.54) is 6.07 Å². The predicted molar refractivity (Wildman–Crippen MR) is 77.4 cm³/mol. The van der Waals surface area contributed by atoms with Crippen molar-refractivity contribution in [1.29, 1.82) is 0 Å². The van der Waals surface area contributed by atoms with Crippen molar-refractivity contribution in [1.82, 2.24) is 0 Å². The lowest BCUT2D eigenvalue weighted by Gasteiger charge is -2.02. The highest BCUT2D eigenvalue weighted by atomic mass is 79.9. The zero-order valence-electron chi connectivity index (χ0n) is 9.31. The van der Waals surface area contributed by atoms with E-state index in [1.807, 2.05) is 6.07 Å². The van der Waals surface area contributed by atoms with Gasteiger partial charge in [0.2, 0.25) is 0 Å². The fourth-order valence-electron chi connectivity index (χ4n) is 2.19. The van der Waals surface area contributed by atoms with Crippen LogP contribution in [0.5, 0.6) is 0 Å². The minimum absolute atomic E-state index is 0.0982. The third-order valence-corrected chi connectivity index (χ3v) is 4.17. The molecule has 2 aromatic carbocycles. The van der Waals surface area contributed by atoms with Crippen LogP contribution in [-0.2, 0) is 0 Å². The van der Waals surface area contributed by atoms with Gasteiger partial charge in [-0.05, 0) is 51.3 Å². The summed E-state index contributed by atoms with van der Waals surface area (Å²) in [4.78, 5) is 22.6. The predicted octanol–water partition coefficient (Wildman–Crippen LogP) is 4.33. The number of rotatable bonds is 1. The van der Waals surface area contributed by atoms with E-state index < -0.39 is 4.92 Å². The van der Waals surface area contributed by atoms with Crippen molar-refractivity contribution in [3.05, 3.63) is 60.5 Å². The first-order chi connectivity index (χ1) is 8.99. The Morgan fingerprint density at radius 1 is 0.947 bits per heavy atom. The van der Waals surface area contributed by atoms with E-state index >= 15 is 0 Å². The molecule has 0 amide bonds. The van der Waals surface area contributed by atoms with E-state index in [1.54, 1.807) is 18.2 Å². The Morgan fingerprint density at radius 3 is 2.32 bits per heavy atom. The average Bonchev–Trinajstić information content (AvgIpc) is 2.61. The number of nitrogens with zero attached hydrogens (tertiary/aromatic N) is 1. The topological polar surface area (TPSA) is 60.2 Å². The Bertz CT molecular complexity index is 756. The van der Waals surface area contributed by atoms with Gasteiger partial charge in [-0.1, -0.05) is 15.9 Å². The van der Waals surface area contributed by atoms with Gasteiger partial charge in [-0.3, -0.25) is 14.9 Å². The van der Waals surface area contributed by atoms with E-state index in [-0.39, 0.29) is 11.5 Å². The van der Waals surface area contributed by atoms with Crippen LogP contribution in [0.3, 0.4) is 0 Å². The molecule has 0 bridgehead atoms. The smallest absolute Gasteiger partial charge is 0.284 e. The van der Waals surface area contributed by atoms with Gasteiger partial charge in [0.25, 0.3) is 5.69 Å². The maximum Gasteiger partial charge on any atom is 0.284 e. The highest BCUT2D eigenvalue weighted by Gasteiger charge is 2.30. The standard InChI is InChI=1S/C13H5Br2NO3/c14-6-1-2-7-8(3-6)9-4-11(15)12(16(18)19)5-10(9)13(7)17/h1-5H. The summed E-state index contributed by atoms with van der Waals surface area (Å²) in [5.74, 6) is -0.173. The molecule has 1 aliphatic rings. The summed E-state index contributed by atoms with van der Waals surface area (Å²) >= 11 is 6.54. The maximum absolute atomic E-state index is 12.2. The van der Waals surface area contributed by atoms with Crippen LogP contribution in [0.15, 0.2) is 39.3 Å². The molecule has 0 N–H and O–H groups in total. The number of nitro groups is 1. The molecule has 0 atom stereocenters. The number of benzene rings is 2. The van der Waals surface area contributed by atoms with E-state index in [9.17, 15) is 14.9 Å². The lowest BCUT2D eigenvalue weighted by molar-refractivity contribution is -0.385. The summed E-state index contributed by atoms with van der Waals surface area (Å²) in [5.41, 5.74) is 2.37. The normalized spacial score (nSPS) is 12.2. The van der Waals surface area contributed by atoms with Crippen LogP contribution in [0.1, 0.15) is 15.9 Å². The number of carbonyl (C=O) groups excluding carboxylic acids is 1. The number of ketones is 1. The molecule has 0 spiro atoms. The second-order valence-corrected chi connectivity index (χ2v) is 5.90. The summed E-state index contributed by atoms with van der Waals surface area (Å²) in [6, 6.07) is 8.31. The van der Waals surface area contributed by atoms with Gasteiger partial charge in [-0.15, -0.1) is 0 Å². The molecular weight excluding hydrogens is 378 g/mol. The van der Waals surface area contributed by atoms with E-state index in [0.29, 0.717) is 15.6 Å². The Kier molecular flexibility index (Phi) is 2.79. The molecule has 3 rings (SSSR count). The number of fused-ring (bicyclic) bond motifs is 3. The Hall–Kier alpha value is -1.53. The number of hydrogen-bond acceptors (Lipinski definition) is 3. The van der Waals surface area contributed by atoms with Gasteiger partial charge in [-0.25, -0.2) is 0 Å². The second kappa shape index (κ2) is 4.25. The summed E-state index contributed by atoms with van der Waals surface area (Å²) in [6.07, 6.45) is 0. The molecular formula is C13H5Br2NO3. The average molecular weight is 383 g/mol. The molecule has 0 saturated heterocycles. The molecule has 0 heterocycles. The van der Waals surface area contributed by atoms with Crippen LogP contribution in [0, 0.1) is 10.1 Å². The van der Waals surface area contributed by atoms with Gasteiger partial charge < -0.3 is 0 Å². The summed E-state index contributed by atoms with van der Waals surface area (Å²) < 4.78 is 1.23. The summed E-state index contributed by atoms with van der Waals surface area (Å²) in [5, 5.41) is 10.9. The van der Waals surface area contributed by atoms with Crippen LogP contribution in [0.4, 0.5) is 5.69 Å². The molecule has 4 nitrogen and oxygen atoms in total. The number of hydrogen-bond donors (Lipinski definition) is 0. The van der Waals surface area contributed by atoms with Gasteiger partial charge >= 0.3 is 0 Å². The third-order valence-electron chi connectivity index (χ3n) is 3.04. The van der Waals surface area contributed by atoms with Gasteiger partial charge in [-0.2, -0.15) is 0 Å². The van der Waals surface area contributed by atoms with E-state index in [4.69, 9.17) is 0 Å². The van der Waals surface area contributed by atoms with Crippen LogP contribution >= 0.6 is 31.9 Å². The molecule has 19 heavy (non-hydrogen) atoms. The first kappa shape index (κ1) is 12.5. The Labute approximate surface area is 124 Å².